The molecule has 1 amide bonds. The Balaban J connectivity index is 3.44. The second-order valence-corrected chi connectivity index (χ2v) is 18.4. The van der Waals surface area contributed by atoms with Crippen molar-refractivity contribution in [1.29, 1.82) is 0 Å². The van der Waals surface area contributed by atoms with Crippen LogP contribution in [-0.4, -0.2) is 46.1 Å². The first-order valence-corrected chi connectivity index (χ1v) is 26.7. The van der Waals surface area contributed by atoms with Crippen LogP contribution in [0.4, 0.5) is 0 Å². The van der Waals surface area contributed by atoms with Gasteiger partial charge in [-0.1, -0.05) is 282 Å². The molecule has 0 aromatic carbocycles. The molecule has 5 nitrogen and oxygen atoms in total. The molecular weight excluding hydrogens is 727 g/mol. The number of amides is 1. The molecule has 0 fully saturated rings. The van der Waals surface area contributed by atoms with Gasteiger partial charge >= 0.3 is 0 Å². The number of unbranched alkanes of at least 4 members (excludes halogenated alkanes) is 39. The minimum atomic E-state index is -1.10. The van der Waals surface area contributed by atoms with Gasteiger partial charge in [0.2, 0.25) is 5.91 Å². The number of carbonyl (C=O) groups is 1. The Hall–Kier alpha value is -1.17. The summed E-state index contributed by atoms with van der Waals surface area (Å²) in [6.07, 6.45) is 62.8. The number of aliphatic hydroxyl groups is 3. The van der Waals surface area contributed by atoms with Gasteiger partial charge in [0.1, 0.15) is 6.10 Å². The summed E-state index contributed by atoms with van der Waals surface area (Å²) in [6.45, 7) is 4.16. The third-order valence-electron chi connectivity index (χ3n) is 12.5. The normalized spacial score (nSPS) is 13.5. The maximum atomic E-state index is 12.5. The van der Waals surface area contributed by atoms with Crippen LogP contribution in [0.25, 0.3) is 0 Å². The van der Waals surface area contributed by atoms with Crippen LogP contribution in [-0.2, 0) is 4.79 Å². The molecule has 0 aliphatic carbocycles. The lowest BCUT2D eigenvalue weighted by Gasteiger charge is -2.21. The number of hydrogen-bond acceptors (Lipinski definition) is 4. The summed E-state index contributed by atoms with van der Waals surface area (Å²) in [4.78, 5) is 12.5. The van der Waals surface area contributed by atoms with Gasteiger partial charge < -0.3 is 20.6 Å². The van der Waals surface area contributed by atoms with E-state index in [1.54, 1.807) is 6.08 Å². The molecule has 0 saturated carbocycles. The van der Waals surface area contributed by atoms with E-state index in [9.17, 15) is 20.1 Å². The Morgan fingerprint density at radius 2 is 0.695 bits per heavy atom. The Bertz CT molecular complexity index is 874. The number of hydrogen-bond donors (Lipinski definition) is 4. The Morgan fingerprint density at radius 1 is 0.407 bits per heavy atom. The van der Waals surface area contributed by atoms with Gasteiger partial charge in [-0.25, -0.2) is 0 Å². The van der Waals surface area contributed by atoms with E-state index in [1.165, 1.54) is 231 Å². The molecule has 0 aliphatic rings. The molecule has 0 rings (SSSR count). The van der Waals surface area contributed by atoms with E-state index in [1.807, 2.05) is 6.08 Å². The van der Waals surface area contributed by atoms with Crippen molar-refractivity contribution in [2.45, 2.75) is 308 Å². The fourth-order valence-electron chi connectivity index (χ4n) is 8.38. The van der Waals surface area contributed by atoms with Crippen molar-refractivity contribution in [3.63, 3.8) is 0 Å². The van der Waals surface area contributed by atoms with Crippen molar-refractivity contribution in [2.24, 2.45) is 0 Å². The van der Waals surface area contributed by atoms with Gasteiger partial charge in [-0.3, -0.25) is 4.79 Å². The highest BCUT2D eigenvalue weighted by Crippen LogP contribution is 2.18. The first-order valence-electron chi connectivity index (χ1n) is 26.7. The number of carbonyl (C=O) groups excluding carboxylic acids is 1. The molecule has 0 spiro atoms. The van der Waals surface area contributed by atoms with Gasteiger partial charge in [-0.2, -0.15) is 0 Å². The molecule has 3 atom stereocenters. The molecule has 0 bridgehead atoms. The van der Waals surface area contributed by atoms with Crippen LogP contribution in [0, 0.1) is 0 Å². The number of rotatable bonds is 49. The average Bonchev–Trinajstić information content (AvgIpc) is 3.24. The molecular formula is C54H105NO4. The summed E-state index contributed by atoms with van der Waals surface area (Å²) >= 11 is 0. The van der Waals surface area contributed by atoms with E-state index in [0.29, 0.717) is 6.42 Å². The molecule has 4 N–H and O–H groups in total. The SMILES string of the molecule is CCCCCCC/C=C/CC/C=C/C(O)C(CO)NC(=O)C(O)CCCCCCCCCCCCCCCCCCCCCCCCCCCCCCCCCCCC. The van der Waals surface area contributed by atoms with Crippen molar-refractivity contribution >= 4 is 5.91 Å². The molecule has 0 heterocycles. The van der Waals surface area contributed by atoms with Crippen molar-refractivity contribution < 1.29 is 20.1 Å². The van der Waals surface area contributed by atoms with Gasteiger partial charge in [-0.05, 0) is 32.1 Å². The van der Waals surface area contributed by atoms with Crippen molar-refractivity contribution in [2.75, 3.05) is 6.61 Å². The van der Waals surface area contributed by atoms with Crippen LogP contribution in [0.3, 0.4) is 0 Å². The molecule has 350 valence electrons. The molecule has 0 aliphatic heterocycles. The Kier molecular flexibility index (Phi) is 48.5. The highest BCUT2D eigenvalue weighted by Gasteiger charge is 2.22. The van der Waals surface area contributed by atoms with E-state index >= 15 is 0 Å². The summed E-state index contributed by atoms with van der Waals surface area (Å²) in [6, 6.07) is -0.810. The average molecular weight is 832 g/mol. The zero-order valence-corrected chi connectivity index (χ0v) is 39.9. The predicted octanol–water partition coefficient (Wildman–Crippen LogP) is 16.1. The highest BCUT2D eigenvalue weighted by molar-refractivity contribution is 5.80. The fraction of sp³-hybridized carbons (Fsp3) is 0.907. The lowest BCUT2D eigenvalue weighted by molar-refractivity contribution is -0.131. The van der Waals surface area contributed by atoms with Crippen LogP contribution in [0.15, 0.2) is 24.3 Å². The zero-order chi connectivity index (χ0) is 43.0. The van der Waals surface area contributed by atoms with Crippen LogP contribution >= 0.6 is 0 Å². The topological polar surface area (TPSA) is 89.8 Å². The van der Waals surface area contributed by atoms with Crippen LogP contribution < -0.4 is 5.32 Å². The van der Waals surface area contributed by atoms with E-state index in [-0.39, 0.29) is 6.61 Å². The molecule has 0 radical (unpaired) electrons. The summed E-state index contributed by atoms with van der Waals surface area (Å²) in [5, 5.41) is 33.1. The van der Waals surface area contributed by atoms with E-state index in [4.69, 9.17) is 0 Å². The van der Waals surface area contributed by atoms with Gasteiger partial charge in [0.25, 0.3) is 0 Å². The largest absolute Gasteiger partial charge is 0.394 e. The highest BCUT2D eigenvalue weighted by atomic mass is 16.3. The van der Waals surface area contributed by atoms with Gasteiger partial charge in [0.15, 0.2) is 0 Å². The molecule has 0 aromatic heterocycles. The van der Waals surface area contributed by atoms with Crippen molar-refractivity contribution in [1.82, 2.24) is 5.32 Å². The summed E-state index contributed by atoms with van der Waals surface area (Å²) < 4.78 is 0. The van der Waals surface area contributed by atoms with Gasteiger partial charge in [0, 0.05) is 0 Å². The third-order valence-corrected chi connectivity index (χ3v) is 12.5. The fourth-order valence-corrected chi connectivity index (χ4v) is 8.38. The van der Waals surface area contributed by atoms with Crippen LogP contribution in [0.1, 0.15) is 290 Å². The van der Waals surface area contributed by atoms with Crippen molar-refractivity contribution in [3.8, 4) is 0 Å². The van der Waals surface area contributed by atoms with E-state index < -0.39 is 24.2 Å². The third kappa shape index (κ3) is 44.7. The first-order chi connectivity index (χ1) is 29.1. The number of allylic oxidation sites excluding steroid dienone is 3. The second-order valence-electron chi connectivity index (χ2n) is 18.4. The molecule has 0 aromatic rings. The standard InChI is InChI=1S/C54H105NO4/c1-3-5-7-9-11-13-15-16-17-18-19-20-21-22-23-24-25-26-27-28-29-30-31-32-33-34-35-36-37-39-41-43-45-47-49-53(58)54(59)55-51(50-56)52(57)48-46-44-42-40-38-14-12-10-8-6-4-2/h38,40,46,48,51-53,56-58H,3-37,39,41-45,47,49-50H2,1-2H3,(H,55,59)/b40-38+,48-46+. The zero-order valence-electron chi connectivity index (χ0n) is 39.9. The van der Waals surface area contributed by atoms with Crippen molar-refractivity contribution in [3.05, 3.63) is 24.3 Å². The maximum absolute atomic E-state index is 12.5. The molecule has 5 heteroatoms. The predicted molar refractivity (Wildman–Crippen MR) is 259 cm³/mol. The lowest BCUT2D eigenvalue weighted by atomic mass is 10.0. The number of nitrogens with one attached hydrogen (secondary N) is 1. The van der Waals surface area contributed by atoms with Gasteiger partial charge in [-0.15, -0.1) is 0 Å². The summed E-state index contributed by atoms with van der Waals surface area (Å²) in [5.74, 6) is -0.510. The van der Waals surface area contributed by atoms with Crippen LogP contribution in [0.5, 0.6) is 0 Å². The molecule has 0 saturated heterocycles. The Labute approximate surface area is 369 Å². The second kappa shape index (κ2) is 49.5. The smallest absolute Gasteiger partial charge is 0.249 e. The quantitative estimate of drug-likeness (QED) is 0.0363. The summed E-state index contributed by atoms with van der Waals surface area (Å²) in [7, 11) is 0. The summed E-state index contributed by atoms with van der Waals surface area (Å²) in [5.41, 5.74) is 0. The molecule has 59 heavy (non-hydrogen) atoms. The van der Waals surface area contributed by atoms with E-state index in [2.05, 4.69) is 31.3 Å². The minimum absolute atomic E-state index is 0.373. The first kappa shape index (κ1) is 57.8. The monoisotopic (exact) mass is 832 g/mol. The maximum Gasteiger partial charge on any atom is 0.249 e. The van der Waals surface area contributed by atoms with Crippen LogP contribution in [0.2, 0.25) is 0 Å². The Morgan fingerprint density at radius 3 is 1.03 bits per heavy atom. The minimum Gasteiger partial charge on any atom is -0.394 e. The molecule has 3 unspecified atom stereocenters. The van der Waals surface area contributed by atoms with Gasteiger partial charge in [0.05, 0.1) is 18.8 Å². The lowest BCUT2D eigenvalue weighted by Crippen LogP contribution is -2.48. The number of aliphatic hydroxyl groups excluding tert-OH is 3. The van der Waals surface area contributed by atoms with E-state index in [0.717, 1.165) is 38.5 Å².